The highest BCUT2D eigenvalue weighted by molar-refractivity contribution is 5.84. The maximum absolute atomic E-state index is 11.6. The van der Waals surface area contributed by atoms with Gasteiger partial charge >= 0.3 is 0 Å². The number of hydrogen-bond acceptors (Lipinski definition) is 4. The summed E-state index contributed by atoms with van der Waals surface area (Å²) >= 11 is 0. The van der Waals surface area contributed by atoms with Crippen molar-refractivity contribution in [3.8, 4) is 11.5 Å². The second kappa shape index (κ2) is 8.89. The van der Waals surface area contributed by atoms with Crippen molar-refractivity contribution in [2.45, 2.75) is 6.42 Å². The number of benzene rings is 1. The van der Waals surface area contributed by atoms with Crippen molar-refractivity contribution in [2.24, 2.45) is 5.73 Å². The summed E-state index contributed by atoms with van der Waals surface area (Å²) < 4.78 is 10.5. The quantitative estimate of drug-likeness (QED) is 0.510. The Morgan fingerprint density at radius 2 is 1.91 bits per heavy atom. The standard InChI is InChI=1S/C15H23N3O4/c1-18(10-15(20)17-9-14(16)19)7-6-11-4-5-12(21-2)13(8-11)22-3/h4-5,8H,6-7,9-10H2,1-3H3,(H2,16,19)(H,17,20)/p+1. The van der Waals surface area contributed by atoms with Crippen molar-refractivity contribution in [3.63, 3.8) is 0 Å². The molecule has 0 aliphatic carbocycles. The number of hydrogen-bond donors (Lipinski definition) is 3. The summed E-state index contributed by atoms with van der Waals surface area (Å²) in [5.41, 5.74) is 6.08. The summed E-state index contributed by atoms with van der Waals surface area (Å²) in [7, 11) is 5.12. The van der Waals surface area contributed by atoms with Gasteiger partial charge in [-0.05, 0) is 17.7 Å². The van der Waals surface area contributed by atoms with Gasteiger partial charge in [-0.15, -0.1) is 0 Å². The van der Waals surface area contributed by atoms with Crippen molar-refractivity contribution in [1.29, 1.82) is 0 Å². The zero-order valence-corrected chi connectivity index (χ0v) is 13.3. The van der Waals surface area contributed by atoms with Gasteiger partial charge in [-0.1, -0.05) is 6.07 Å². The predicted molar refractivity (Wildman–Crippen MR) is 82.1 cm³/mol. The Kier molecular flexibility index (Phi) is 7.18. The lowest BCUT2D eigenvalue weighted by Crippen LogP contribution is -3.10. The number of likely N-dealkylation sites (N-methyl/N-ethyl adjacent to an activating group) is 1. The lowest BCUT2D eigenvalue weighted by molar-refractivity contribution is -0.870. The smallest absolute Gasteiger partial charge is 0.275 e. The minimum absolute atomic E-state index is 0.123. The Balaban J connectivity index is 2.45. The molecule has 0 fully saturated rings. The summed E-state index contributed by atoms with van der Waals surface area (Å²) in [5.74, 6) is 0.648. The van der Waals surface area contributed by atoms with Gasteiger partial charge in [0.05, 0.1) is 34.4 Å². The van der Waals surface area contributed by atoms with Gasteiger partial charge in [0.2, 0.25) is 5.91 Å². The van der Waals surface area contributed by atoms with Gasteiger partial charge in [0, 0.05) is 6.42 Å². The molecule has 0 aliphatic rings. The van der Waals surface area contributed by atoms with Crippen molar-refractivity contribution in [1.82, 2.24) is 5.32 Å². The molecule has 0 spiro atoms. The maximum atomic E-state index is 11.6. The summed E-state index contributed by atoms with van der Waals surface area (Å²) in [4.78, 5) is 23.2. The number of nitrogens with one attached hydrogen (secondary N) is 2. The van der Waals surface area contributed by atoms with Crippen molar-refractivity contribution < 1.29 is 24.0 Å². The highest BCUT2D eigenvalue weighted by Gasteiger charge is 2.11. The monoisotopic (exact) mass is 310 g/mol. The van der Waals surface area contributed by atoms with Gasteiger partial charge in [0.1, 0.15) is 0 Å². The summed E-state index contributed by atoms with van der Waals surface area (Å²) in [6.45, 7) is 0.946. The third-order valence-corrected chi connectivity index (χ3v) is 3.21. The minimum atomic E-state index is -0.545. The molecule has 0 radical (unpaired) electrons. The van der Waals surface area contributed by atoms with Crippen LogP contribution in [0.15, 0.2) is 18.2 Å². The molecular weight excluding hydrogens is 286 g/mol. The Bertz CT molecular complexity index is 520. The minimum Gasteiger partial charge on any atom is -0.493 e. The first-order valence-corrected chi connectivity index (χ1v) is 7.03. The zero-order chi connectivity index (χ0) is 16.5. The second-order valence-corrected chi connectivity index (χ2v) is 5.07. The molecule has 1 aromatic carbocycles. The Labute approximate surface area is 130 Å². The van der Waals surface area contributed by atoms with Gasteiger partial charge in [0.15, 0.2) is 18.0 Å². The molecule has 7 heteroatoms. The van der Waals surface area contributed by atoms with E-state index in [1.54, 1.807) is 14.2 Å². The van der Waals surface area contributed by atoms with E-state index >= 15 is 0 Å². The van der Waals surface area contributed by atoms with Crippen molar-refractivity contribution in [3.05, 3.63) is 23.8 Å². The fourth-order valence-electron chi connectivity index (χ4n) is 2.00. The third-order valence-electron chi connectivity index (χ3n) is 3.21. The predicted octanol–water partition coefficient (Wildman–Crippen LogP) is -1.64. The van der Waals surface area contributed by atoms with Crippen LogP contribution in [0.2, 0.25) is 0 Å². The number of methoxy groups -OCH3 is 2. The Morgan fingerprint density at radius 1 is 1.23 bits per heavy atom. The average Bonchev–Trinajstić information content (AvgIpc) is 2.50. The number of nitrogens with two attached hydrogens (primary N) is 1. The Morgan fingerprint density at radius 3 is 2.50 bits per heavy atom. The molecule has 7 nitrogen and oxygen atoms in total. The number of carbonyl (C=O) groups is 2. The molecule has 122 valence electrons. The molecule has 0 aromatic heterocycles. The van der Waals surface area contributed by atoms with E-state index in [2.05, 4.69) is 5.32 Å². The summed E-state index contributed by atoms with van der Waals surface area (Å²) in [6.07, 6.45) is 0.801. The number of rotatable bonds is 9. The molecular formula is C15H24N3O4+. The van der Waals surface area contributed by atoms with E-state index in [1.165, 1.54) is 0 Å². The second-order valence-electron chi connectivity index (χ2n) is 5.07. The normalized spacial score (nSPS) is 11.6. The van der Waals surface area contributed by atoms with Crippen LogP contribution in [0.5, 0.6) is 11.5 Å². The van der Waals surface area contributed by atoms with Crippen molar-refractivity contribution in [2.75, 3.05) is 40.9 Å². The van der Waals surface area contributed by atoms with E-state index in [4.69, 9.17) is 15.2 Å². The van der Waals surface area contributed by atoms with E-state index in [9.17, 15) is 9.59 Å². The van der Waals surface area contributed by atoms with Gasteiger partial charge < -0.3 is 25.4 Å². The first kappa shape index (κ1) is 17.8. The summed E-state index contributed by atoms with van der Waals surface area (Å²) in [6, 6.07) is 5.77. The molecule has 0 saturated carbocycles. The van der Waals surface area contributed by atoms with Gasteiger partial charge in [-0.3, -0.25) is 9.59 Å². The van der Waals surface area contributed by atoms with Crippen LogP contribution < -0.4 is 25.4 Å². The lowest BCUT2D eigenvalue weighted by atomic mass is 10.1. The van der Waals surface area contributed by atoms with Crippen LogP contribution in [0, 0.1) is 0 Å². The molecule has 1 aromatic rings. The number of amides is 2. The first-order chi connectivity index (χ1) is 10.5. The fraction of sp³-hybridized carbons (Fsp3) is 0.467. The molecule has 0 saturated heterocycles. The van der Waals surface area contributed by atoms with Crippen molar-refractivity contribution >= 4 is 11.8 Å². The molecule has 1 atom stereocenters. The molecule has 1 rings (SSSR count). The Hall–Kier alpha value is -2.28. The van der Waals surface area contributed by atoms with E-state index < -0.39 is 5.91 Å². The molecule has 0 bridgehead atoms. The van der Waals surface area contributed by atoms with Gasteiger partial charge in [-0.25, -0.2) is 0 Å². The number of carbonyl (C=O) groups excluding carboxylic acids is 2. The van der Waals surface area contributed by atoms with Crippen LogP contribution in [0.3, 0.4) is 0 Å². The van der Waals surface area contributed by atoms with Crippen LogP contribution in [0.25, 0.3) is 0 Å². The van der Waals surface area contributed by atoms with Crippen LogP contribution in [-0.4, -0.2) is 52.7 Å². The van der Waals surface area contributed by atoms with Gasteiger partial charge in [0.25, 0.3) is 5.91 Å². The first-order valence-electron chi connectivity index (χ1n) is 7.03. The van der Waals surface area contributed by atoms with E-state index in [-0.39, 0.29) is 12.5 Å². The summed E-state index contributed by atoms with van der Waals surface area (Å²) in [5, 5.41) is 2.47. The fourth-order valence-corrected chi connectivity index (χ4v) is 2.00. The third kappa shape index (κ3) is 6.01. The molecule has 1 unspecified atom stereocenters. The van der Waals surface area contributed by atoms with E-state index in [0.29, 0.717) is 18.0 Å². The molecule has 4 N–H and O–H groups in total. The number of ether oxygens (including phenoxy) is 2. The largest absolute Gasteiger partial charge is 0.493 e. The van der Waals surface area contributed by atoms with Crippen LogP contribution >= 0.6 is 0 Å². The van der Waals surface area contributed by atoms with Crippen LogP contribution in [0.1, 0.15) is 5.56 Å². The number of quaternary nitrogens is 1. The number of primary amides is 1. The van der Waals surface area contributed by atoms with E-state index in [1.807, 2.05) is 25.2 Å². The molecule has 22 heavy (non-hydrogen) atoms. The molecule has 0 heterocycles. The molecule has 2 amide bonds. The zero-order valence-electron chi connectivity index (χ0n) is 13.3. The van der Waals surface area contributed by atoms with E-state index in [0.717, 1.165) is 23.4 Å². The van der Waals surface area contributed by atoms with Crippen LogP contribution in [-0.2, 0) is 16.0 Å². The highest BCUT2D eigenvalue weighted by Crippen LogP contribution is 2.27. The highest BCUT2D eigenvalue weighted by atomic mass is 16.5. The average molecular weight is 310 g/mol. The van der Waals surface area contributed by atoms with Gasteiger partial charge in [-0.2, -0.15) is 0 Å². The lowest BCUT2D eigenvalue weighted by Gasteiger charge is -2.14. The molecule has 0 aliphatic heterocycles. The van der Waals surface area contributed by atoms with Crippen LogP contribution in [0.4, 0.5) is 0 Å². The topological polar surface area (TPSA) is 95.1 Å². The SMILES string of the molecule is COc1ccc(CC[NH+](C)CC(=O)NCC(N)=O)cc1OC. The maximum Gasteiger partial charge on any atom is 0.275 e.